The van der Waals surface area contributed by atoms with Crippen LogP contribution in [0.5, 0.6) is 0 Å². The Balaban J connectivity index is 1.67. The number of carbonyl (C=O) groups is 2. The van der Waals surface area contributed by atoms with Crippen LogP contribution in [0.15, 0.2) is 45.7 Å². The lowest BCUT2D eigenvalue weighted by atomic mass is 10.1. The van der Waals surface area contributed by atoms with Crippen molar-refractivity contribution in [3.63, 3.8) is 0 Å². The molecule has 0 fully saturated rings. The number of carbonyl (C=O) groups excluding carboxylic acids is 2. The van der Waals surface area contributed by atoms with Gasteiger partial charge in [-0.1, -0.05) is 6.07 Å². The zero-order valence-corrected chi connectivity index (χ0v) is 20.0. The van der Waals surface area contributed by atoms with Gasteiger partial charge in [-0.15, -0.1) is 0 Å². The van der Waals surface area contributed by atoms with Crippen LogP contribution in [0.4, 0.5) is 16.5 Å². The van der Waals surface area contributed by atoms with E-state index < -0.39 is 17.3 Å². The van der Waals surface area contributed by atoms with Crippen molar-refractivity contribution in [2.45, 2.75) is 46.3 Å². The minimum absolute atomic E-state index is 0.0993. The second-order valence-corrected chi connectivity index (χ2v) is 8.81. The summed E-state index contributed by atoms with van der Waals surface area (Å²) in [7, 11) is 1.69. The summed E-state index contributed by atoms with van der Waals surface area (Å²) in [5, 5.41) is 5.72. The quantitative estimate of drug-likeness (QED) is 0.541. The summed E-state index contributed by atoms with van der Waals surface area (Å²) in [6.45, 7) is 7.63. The molecular weight excluding hydrogens is 438 g/mol. The molecule has 2 aromatic heterocycles. The molecule has 3 aromatic rings. The van der Waals surface area contributed by atoms with Crippen molar-refractivity contribution in [2.24, 2.45) is 0 Å². The third kappa shape index (κ3) is 6.53. The molecule has 0 saturated carbocycles. The number of rotatable bonds is 7. The lowest BCUT2D eigenvalue weighted by Crippen LogP contribution is -2.29. The lowest BCUT2D eigenvalue weighted by Gasteiger charge is -2.20. The zero-order chi connectivity index (χ0) is 24.9. The smallest absolute Gasteiger partial charge is 0.412 e. The van der Waals surface area contributed by atoms with Crippen molar-refractivity contribution < 1.29 is 18.7 Å². The number of aromatic nitrogens is 2. The van der Waals surface area contributed by atoms with Crippen molar-refractivity contribution >= 4 is 34.6 Å². The number of aryl methyl sites for hydroxylation is 1. The maximum atomic E-state index is 12.7. The molecule has 0 unspecified atom stereocenters. The van der Waals surface area contributed by atoms with E-state index in [2.05, 4.69) is 20.6 Å². The minimum Gasteiger partial charge on any atom is -0.444 e. The first-order valence-electron chi connectivity index (χ1n) is 10.9. The van der Waals surface area contributed by atoms with Gasteiger partial charge in [-0.05, 0) is 57.5 Å². The van der Waals surface area contributed by atoms with E-state index in [-0.39, 0.29) is 23.7 Å². The highest BCUT2D eigenvalue weighted by molar-refractivity contribution is 5.93. The molecule has 10 heteroatoms. The van der Waals surface area contributed by atoms with E-state index in [1.54, 1.807) is 58.0 Å². The van der Waals surface area contributed by atoms with Crippen molar-refractivity contribution in [1.29, 1.82) is 0 Å². The summed E-state index contributed by atoms with van der Waals surface area (Å²) in [6.07, 6.45) is 1.23. The van der Waals surface area contributed by atoms with E-state index in [9.17, 15) is 14.4 Å². The number of ether oxygens (including phenoxy) is 1. The SMILES string of the molecule is Cc1c(NC(=O)OC(C)(C)C)ccc2nc(N(C)CCC(=O)NCc3ccccn3)oc(=O)c12. The summed E-state index contributed by atoms with van der Waals surface area (Å²) < 4.78 is 10.7. The van der Waals surface area contributed by atoms with E-state index >= 15 is 0 Å². The van der Waals surface area contributed by atoms with Gasteiger partial charge in [0.25, 0.3) is 6.01 Å². The summed E-state index contributed by atoms with van der Waals surface area (Å²) in [4.78, 5) is 47.2. The fraction of sp³-hybridized carbons (Fsp3) is 0.375. The third-order valence-electron chi connectivity index (χ3n) is 4.88. The Bertz CT molecular complexity index is 1230. The molecule has 10 nitrogen and oxygen atoms in total. The normalized spacial score (nSPS) is 11.2. The van der Waals surface area contributed by atoms with Gasteiger partial charge < -0.3 is 19.4 Å². The first-order valence-corrected chi connectivity index (χ1v) is 10.9. The van der Waals surface area contributed by atoms with Crippen LogP contribution in [0.1, 0.15) is 38.4 Å². The molecule has 0 spiro atoms. The molecule has 34 heavy (non-hydrogen) atoms. The number of fused-ring (bicyclic) bond motifs is 1. The van der Waals surface area contributed by atoms with Gasteiger partial charge in [0, 0.05) is 31.9 Å². The molecular formula is C24H29N5O5. The summed E-state index contributed by atoms with van der Waals surface area (Å²) in [6, 6.07) is 8.88. The van der Waals surface area contributed by atoms with Gasteiger partial charge in [0.05, 0.1) is 23.1 Å². The number of nitrogens with one attached hydrogen (secondary N) is 2. The highest BCUT2D eigenvalue weighted by Gasteiger charge is 2.19. The highest BCUT2D eigenvalue weighted by Crippen LogP contribution is 2.24. The topological polar surface area (TPSA) is 127 Å². The minimum atomic E-state index is -0.649. The second-order valence-electron chi connectivity index (χ2n) is 8.81. The van der Waals surface area contributed by atoms with Crippen LogP contribution < -0.4 is 21.2 Å². The van der Waals surface area contributed by atoms with Crippen LogP contribution in [0.3, 0.4) is 0 Å². The molecule has 2 amide bonds. The van der Waals surface area contributed by atoms with E-state index in [4.69, 9.17) is 9.15 Å². The number of benzene rings is 1. The Morgan fingerprint density at radius 2 is 1.94 bits per heavy atom. The Labute approximate surface area is 197 Å². The molecule has 0 radical (unpaired) electrons. The van der Waals surface area contributed by atoms with Crippen molar-refractivity contribution in [3.8, 4) is 0 Å². The number of hydrogen-bond donors (Lipinski definition) is 2. The number of nitrogens with zero attached hydrogens (tertiary/aromatic N) is 3. The molecule has 0 aliphatic heterocycles. The van der Waals surface area contributed by atoms with Gasteiger partial charge >= 0.3 is 11.7 Å². The van der Waals surface area contributed by atoms with Crippen LogP contribution in [-0.2, 0) is 16.1 Å². The first-order chi connectivity index (χ1) is 16.0. The Morgan fingerprint density at radius 3 is 2.62 bits per heavy atom. The number of anilines is 2. The molecule has 180 valence electrons. The fourth-order valence-corrected chi connectivity index (χ4v) is 3.17. The Kier molecular flexibility index (Phi) is 7.50. The lowest BCUT2D eigenvalue weighted by molar-refractivity contribution is -0.121. The number of pyridine rings is 1. The van der Waals surface area contributed by atoms with Gasteiger partial charge in [-0.25, -0.2) is 9.59 Å². The standard InChI is InChI=1S/C24H29N5O5/c1-15-17(28-23(32)34-24(2,3)4)9-10-18-20(15)21(31)33-22(27-18)29(5)13-11-19(30)26-14-16-8-6-7-12-25-16/h6-10,12H,11,13-14H2,1-5H3,(H,26,30)(H,28,32). The zero-order valence-electron chi connectivity index (χ0n) is 20.0. The van der Waals surface area contributed by atoms with Gasteiger partial charge in [0.2, 0.25) is 5.91 Å². The third-order valence-corrected chi connectivity index (χ3v) is 4.88. The molecule has 0 saturated heterocycles. The number of amides is 2. The average Bonchev–Trinajstić information content (AvgIpc) is 2.77. The maximum absolute atomic E-state index is 12.7. The van der Waals surface area contributed by atoms with Crippen LogP contribution in [0.2, 0.25) is 0 Å². The van der Waals surface area contributed by atoms with Gasteiger partial charge in [0.15, 0.2) is 0 Å². The van der Waals surface area contributed by atoms with Crippen LogP contribution in [-0.4, -0.2) is 41.2 Å². The average molecular weight is 468 g/mol. The molecule has 1 aromatic carbocycles. The van der Waals surface area contributed by atoms with E-state index in [0.717, 1.165) is 5.69 Å². The summed E-state index contributed by atoms with van der Waals surface area (Å²) in [5.74, 6) is -0.158. The van der Waals surface area contributed by atoms with Crippen LogP contribution in [0.25, 0.3) is 10.9 Å². The van der Waals surface area contributed by atoms with Crippen LogP contribution in [0, 0.1) is 6.92 Å². The van der Waals surface area contributed by atoms with Crippen molar-refractivity contribution in [2.75, 3.05) is 23.8 Å². The predicted molar refractivity (Wildman–Crippen MR) is 129 cm³/mol. The molecule has 0 aliphatic carbocycles. The van der Waals surface area contributed by atoms with Gasteiger partial charge in [-0.2, -0.15) is 4.98 Å². The number of hydrogen-bond acceptors (Lipinski definition) is 8. The largest absolute Gasteiger partial charge is 0.444 e. The van der Waals surface area contributed by atoms with Crippen molar-refractivity contribution in [1.82, 2.24) is 15.3 Å². The van der Waals surface area contributed by atoms with Gasteiger partial charge in [-0.3, -0.25) is 15.1 Å². The van der Waals surface area contributed by atoms with E-state index in [1.807, 2.05) is 18.2 Å². The summed E-state index contributed by atoms with van der Waals surface area (Å²) >= 11 is 0. The fourth-order valence-electron chi connectivity index (χ4n) is 3.17. The first kappa shape index (κ1) is 24.7. The Hall–Kier alpha value is -3.95. The molecule has 0 bridgehead atoms. The van der Waals surface area contributed by atoms with E-state index in [0.29, 0.717) is 29.9 Å². The predicted octanol–water partition coefficient (Wildman–Crippen LogP) is 3.38. The van der Waals surface area contributed by atoms with Crippen LogP contribution >= 0.6 is 0 Å². The molecule has 2 heterocycles. The molecule has 3 rings (SSSR count). The Morgan fingerprint density at radius 1 is 1.18 bits per heavy atom. The highest BCUT2D eigenvalue weighted by atomic mass is 16.6. The van der Waals surface area contributed by atoms with E-state index in [1.165, 1.54) is 0 Å². The molecule has 0 aliphatic rings. The van der Waals surface area contributed by atoms with Crippen molar-refractivity contribution in [3.05, 3.63) is 58.2 Å². The second kappa shape index (κ2) is 10.3. The summed E-state index contributed by atoms with van der Waals surface area (Å²) in [5.41, 5.74) is 0.905. The molecule has 0 atom stereocenters. The maximum Gasteiger partial charge on any atom is 0.412 e. The monoisotopic (exact) mass is 467 g/mol. The van der Waals surface area contributed by atoms with Gasteiger partial charge in [0.1, 0.15) is 5.60 Å². The molecule has 2 N–H and O–H groups in total.